The molecule has 0 aliphatic carbocycles. The van der Waals surface area contributed by atoms with Crippen LogP contribution in [0.15, 0.2) is 12.1 Å². The smallest absolute Gasteiger partial charge is 0.150 e. The van der Waals surface area contributed by atoms with Crippen LogP contribution in [0.4, 0.5) is 4.39 Å². The first-order valence-corrected chi connectivity index (χ1v) is 4.42. The van der Waals surface area contributed by atoms with Gasteiger partial charge in [0.25, 0.3) is 0 Å². The maximum atomic E-state index is 13.0. The molecule has 1 aromatic carbocycles. The van der Waals surface area contributed by atoms with Gasteiger partial charge in [0.2, 0.25) is 0 Å². The second-order valence-electron chi connectivity index (χ2n) is 3.38. The van der Waals surface area contributed by atoms with Crippen LogP contribution in [0.2, 0.25) is 0 Å². The van der Waals surface area contributed by atoms with Crippen molar-refractivity contribution >= 4 is 6.29 Å². The van der Waals surface area contributed by atoms with Crippen LogP contribution < -0.4 is 4.74 Å². The molecular weight excluding hydrogens is 183 g/mol. The highest BCUT2D eigenvalue weighted by atomic mass is 19.1. The molecule has 0 aliphatic heterocycles. The SMILES string of the molecule is COc1cc(F)cc(C=O)c1C(C)C. The summed E-state index contributed by atoms with van der Waals surface area (Å²) in [5.41, 5.74) is 1.11. The van der Waals surface area contributed by atoms with Gasteiger partial charge in [0, 0.05) is 17.2 Å². The molecule has 3 heteroatoms. The number of hydrogen-bond donors (Lipinski definition) is 0. The summed E-state index contributed by atoms with van der Waals surface area (Å²) in [7, 11) is 1.47. The molecule has 0 amide bonds. The second-order valence-corrected chi connectivity index (χ2v) is 3.38. The van der Waals surface area contributed by atoms with Gasteiger partial charge in [0.15, 0.2) is 6.29 Å². The van der Waals surface area contributed by atoms with E-state index in [-0.39, 0.29) is 5.92 Å². The number of benzene rings is 1. The third-order valence-electron chi connectivity index (χ3n) is 2.06. The van der Waals surface area contributed by atoms with Gasteiger partial charge in [0.1, 0.15) is 11.6 Å². The lowest BCUT2D eigenvalue weighted by molar-refractivity contribution is 0.112. The number of methoxy groups -OCH3 is 1. The van der Waals surface area contributed by atoms with E-state index in [9.17, 15) is 9.18 Å². The van der Waals surface area contributed by atoms with Gasteiger partial charge in [0.05, 0.1) is 7.11 Å². The van der Waals surface area contributed by atoms with Crippen LogP contribution in [0.5, 0.6) is 5.75 Å². The molecule has 2 nitrogen and oxygen atoms in total. The Morgan fingerprint density at radius 3 is 2.50 bits per heavy atom. The largest absolute Gasteiger partial charge is 0.496 e. The third kappa shape index (κ3) is 1.92. The van der Waals surface area contributed by atoms with Crippen LogP contribution in [-0.2, 0) is 0 Å². The molecule has 0 fully saturated rings. The average Bonchev–Trinajstić information content (AvgIpc) is 2.15. The van der Waals surface area contributed by atoms with E-state index in [1.165, 1.54) is 19.2 Å². The zero-order valence-corrected chi connectivity index (χ0v) is 8.50. The summed E-state index contributed by atoms with van der Waals surface area (Å²) in [6, 6.07) is 2.52. The minimum Gasteiger partial charge on any atom is -0.496 e. The van der Waals surface area contributed by atoms with Crippen molar-refractivity contribution in [2.45, 2.75) is 19.8 Å². The van der Waals surface area contributed by atoms with Gasteiger partial charge in [-0.1, -0.05) is 13.8 Å². The molecule has 0 heterocycles. The number of hydrogen-bond acceptors (Lipinski definition) is 2. The number of carbonyl (C=O) groups excluding carboxylic acids is 1. The van der Waals surface area contributed by atoms with E-state index in [1.807, 2.05) is 13.8 Å². The molecule has 0 aliphatic rings. The summed E-state index contributed by atoms with van der Waals surface area (Å²) in [5, 5.41) is 0. The zero-order valence-electron chi connectivity index (χ0n) is 8.50. The summed E-state index contributed by atoms with van der Waals surface area (Å²) < 4.78 is 18.0. The molecule has 0 N–H and O–H groups in total. The Balaban J connectivity index is 3.40. The lowest BCUT2D eigenvalue weighted by Gasteiger charge is -2.13. The van der Waals surface area contributed by atoms with Gasteiger partial charge in [-0.05, 0) is 12.0 Å². The number of rotatable bonds is 3. The van der Waals surface area contributed by atoms with E-state index >= 15 is 0 Å². The van der Waals surface area contributed by atoms with Gasteiger partial charge in [-0.2, -0.15) is 0 Å². The van der Waals surface area contributed by atoms with Gasteiger partial charge >= 0.3 is 0 Å². The molecule has 0 unspecified atom stereocenters. The maximum Gasteiger partial charge on any atom is 0.150 e. The molecule has 0 bridgehead atoms. The molecule has 0 atom stereocenters. The van der Waals surface area contributed by atoms with Crippen molar-refractivity contribution in [3.8, 4) is 5.75 Å². The third-order valence-corrected chi connectivity index (χ3v) is 2.06. The maximum absolute atomic E-state index is 13.0. The standard InChI is InChI=1S/C11H13FO2/c1-7(2)11-8(6-13)4-9(12)5-10(11)14-3/h4-7H,1-3H3. The predicted molar refractivity (Wildman–Crippen MR) is 52.4 cm³/mol. The molecule has 0 radical (unpaired) electrons. The fourth-order valence-electron chi connectivity index (χ4n) is 1.50. The summed E-state index contributed by atoms with van der Waals surface area (Å²) in [5.74, 6) is 0.112. The highest BCUT2D eigenvalue weighted by Crippen LogP contribution is 2.29. The van der Waals surface area contributed by atoms with Gasteiger partial charge in [-0.3, -0.25) is 4.79 Å². The topological polar surface area (TPSA) is 26.3 Å². The molecule has 76 valence electrons. The average molecular weight is 196 g/mol. The minimum atomic E-state index is -0.451. The molecule has 0 aromatic heterocycles. The first-order valence-electron chi connectivity index (χ1n) is 4.42. The summed E-state index contributed by atoms with van der Waals surface area (Å²) >= 11 is 0. The lowest BCUT2D eigenvalue weighted by Crippen LogP contribution is -2.00. The van der Waals surface area contributed by atoms with E-state index < -0.39 is 5.82 Å². The Bertz CT molecular complexity index is 345. The number of halogens is 1. The quantitative estimate of drug-likeness (QED) is 0.695. The molecular formula is C11H13FO2. The summed E-state index contributed by atoms with van der Waals surface area (Å²) in [4.78, 5) is 10.7. The zero-order chi connectivity index (χ0) is 10.7. The molecule has 1 rings (SSSR count). The minimum absolute atomic E-state index is 0.130. The lowest BCUT2D eigenvalue weighted by atomic mass is 9.96. The first-order chi connectivity index (χ1) is 6.60. The van der Waals surface area contributed by atoms with E-state index in [1.54, 1.807) is 0 Å². The van der Waals surface area contributed by atoms with Crippen molar-refractivity contribution in [3.63, 3.8) is 0 Å². The molecule has 14 heavy (non-hydrogen) atoms. The van der Waals surface area contributed by atoms with E-state index in [2.05, 4.69) is 0 Å². The van der Waals surface area contributed by atoms with Crippen molar-refractivity contribution in [1.29, 1.82) is 0 Å². The number of aldehydes is 1. The Kier molecular flexibility index (Phi) is 3.23. The summed E-state index contributed by atoms with van der Waals surface area (Å²) in [6.07, 6.45) is 0.654. The van der Waals surface area contributed by atoms with Crippen molar-refractivity contribution in [2.75, 3.05) is 7.11 Å². The highest BCUT2D eigenvalue weighted by molar-refractivity contribution is 5.79. The van der Waals surface area contributed by atoms with Crippen LogP contribution in [0, 0.1) is 5.82 Å². The van der Waals surface area contributed by atoms with Gasteiger partial charge in [-0.25, -0.2) is 4.39 Å². The molecule has 0 saturated carbocycles. The molecule has 1 aromatic rings. The monoisotopic (exact) mass is 196 g/mol. The Labute approximate surface area is 82.7 Å². The van der Waals surface area contributed by atoms with Crippen LogP contribution in [0.3, 0.4) is 0 Å². The predicted octanol–water partition coefficient (Wildman–Crippen LogP) is 2.77. The van der Waals surface area contributed by atoms with Crippen LogP contribution in [0.25, 0.3) is 0 Å². The number of ether oxygens (including phenoxy) is 1. The van der Waals surface area contributed by atoms with Gasteiger partial charge < -0.3 is 4.74 Å². The van der Waals surface area contributed by atoms with Crippen LogP contribution in [-0.4, -0.2) is 13.4 Å². The van der Waals surface area contributed by atoms with Gasteiger partial charge in [-0.15, -0.1) is 0 Å². The van der Waals surface area contributed by atoms with Crippen LogP contribution >= 0.6 is 0 Å². The fourth-order valence-corrected chi connectivity index (χ4v) is 1.50. The Morgan fingerprint density at radius 2 is 2.07 bits per heavy atom. The van der Waals surface area contributed by atoms with Crippen molar-refractivity contribution in [2.24, 2.45) is 0 Å². The van der Waals surface area contributed by atoms with Crippen LogP contribution in [0.1, 0.15) is 35.7 Å². The summed E-state index contributed by atoms with van der Waals surface area (Å²) in [6.45, 7) is 3.87. The van der Waals surface area contributed by atoms with E-state index in [4.69, 9.17) is 4.74 Å². The highest BCUT2D eigenvalue weighted by Gasteiger charge is 2.14. The number of carbonyl (C=O) groups is 1. The van der Waals surface area contributed by atoms with E-state index in [0.717, 1.165) is 5.56 Å². The second kappa shape index (κ2) is 4.22. The Hall–Kier alpha value is -1.38. The molecule has 0 spiro atoms. The first kappa shape index (κ1) is 10.7. The Morgan fingerprint density at radius 1 is 1.43 bits per heavy atom. The molecule has 0 saturated heterocycles. The fraction of sp³-hybridized carbons (Fsp3) is 0.364. The van der Waals surface area contributed by atoms with Crippen molar-refractivity contribution < 1.29 is 13.9 Å². The van der Waals surface area contributed by atoms with E-state index in [0.29, 0.717) is 17.6 Å². The normalized spacial score (nSPS) is 10.4. The van der Waals surface area contributed by atoms with Crippen molar-refractivity contribution in [3.05, 3.63) is 29.1 Å². The van der Waals surface area contributed by atoms with Crippen molar-refractivity contribution in [1.82, 2.24) is 0 Å².